The van der Waals surface area contributed by atoms with E-state index in [9.17, 15) is 15.2 Å². The molecule has 166 valence electrons. The Bertz CT molecular complexity index is 1090. The van der Waals surface area contributed by atoms with Crippen molar-refractivity contribution in [1.82, 2.24) is 4.90 Å². The molecule has 1 fully saturated rings. The average Bonchev–Trinajstić information content (AvgIpc) is 2.89. The van der Waals surface area contributed by atoms with Crippen LogP contribution in [0.3, 0.4) is 0 Å². The fourth-order valence-electron chi connectivity index (χ4n) is 4.81. The molecule has 1 N–H and O–H groups in total. The summed E-state index contributed by atoms with van der Waals surface area (Å²) in [5.74, 6) is -0.749. The third-order valence-electron chi connectivity index (χ3n) is 6.81. The first-order chi connectivity index (χ1) is 16.1. The van der Waals surface area contributed by atoms with Crippen LogP contribution >= 0.6 is 0 Å². The van der Waals surface area contributed by atoms with E-state index < -0.39 is 16.8 Å². The van der Waals surface area contributed by atoms with Crippen LogP contribution in [0.1, 0.15) is 29.5 Å². The van der Waals surface area contributed by atoms with Crippen molar-refractivity contribution in [3.8, 4) is 6.07 Å². The van der Waals surface area contributed by atoms with Crippen LogP contribution in [0, 0.1) is 11.3 Å². The monoisotopic (exact) mass is 436 g/mol. The second kappa shape index (κ2) is 9.85. The van der Waals surface area contributed by atoms with Gasteiger partial charge in [0.15, 0.2) is 0 Å². The smallest absolute Gasteiger partial charge is 0.314 e. The summed E-state index contributed by atoms with van der Waals surface area (Å²) in [6.45, 7) is 2.07. The lowest BCUT2D eigenvalue weighted by Crippen LogP contribution is -2.47. The topological polar surface area (TPSA) is 64.3 Å². The fourth-order valence-corrected chi connectivity index (χ4v) is 4.81. The molecule has 4 nitrogen and oxygen atoms in total. The van der Waals surface area contributed by atoms with E-state index in [1.54, 1.807) is 0 Å². The minimum atomic E-state index is -0.868. The molecule has 0 saturated carbocycles. The van der Waals surface area contributed by atoms with Crippen LogP contribution in [0.5, 0.6) is 0 Å². The molecule has 0 atom stereocenters. The van der Waals surface area contributed by atoms with Gasteiger partial charge in [-0.05, 0) is 42.6 Å². The quantitative estimate of drug-likeness (QED) is 0.519. The summed E-state index contributed by atoms with van der Waals surface area (Å²) in [6.07, 6.45) is 5.19. The molecule has 3 aromatic carbocycles. The highest BCUT2D eigenvalue weighted by atomic mass is 16.4. The number of carboxylic acids is 1. The van der Waals surface area contributed by atoms with Crippen LogP contribution in [0.4, 0.5) is 0 Å². The molecular weight excluding hydrogens is 408 g/mol. The first-order valence-corrected chi connectivity index (χ1v) is 11.3. The van der Waals surface area contributed by atoms with Gasteiger partial charge in [0.05, 0.1) is 11.5 Å². The van der Waals surface area contributed by atoms with Crippen LogP contribution in [-0.4, -0.2) is 35.6 Å². The Kier molecular flexibility index (Phi) is 6.72. The maximum absolute atomic E-state index is 12.2. The lowest BCUT2D eigenvalue weighted by atomic mass is 9.72. The lowest BCUT2D eigenvalue weighted by molar-refractivity contribution is -0.145. The van der Waals surface area contributed by atoms with Gasteiger partial charge in [-0.3, -0.25) is 9.69 Å². The van der Waals surface area contributed by atoms with Gasteiger partial charge in [0.25, 0.3) is 0 Å². The van der Waals surface area contributed by atoms with Gasteiger partial charge in [0, 0.05) is 6.54 Å². The Hall–Kier alpha value is -3.68. The molecular formula is C29H28N2O2. The number of aliphatic carboxylic acids is 1. The summed E-state index contributed by atoms with van der Waals surface area (Å²) in [6, 6.07) is 31.8. The number of hydrogen-bond acceptors (Lipinski definition) is 3. The molecule has 4 heteroatoms. The Morgan fingerprint density at radius 2 is 1.39 bits per heavy atom. The van der Waals surface area contributed by atoms with Crippen LogP contribution in [0.15, 0.2) is 103 Å². The summed E-state index contributed by atoms with van der Waals surface area (Å²) in [7, 11) is 0. The van der Waals surface area contributed by atoms with E-state index in [0.29, 0.717) is 32.5 Å². The summed E-state index contributed by atoms with van der Waals surface area (Å²) < 4.78 is 0. The number of benzene rings is 3. The number of nitrogens with zero attached hydrogens (tertiary/aromatic N) is 2. The number of carbonyl (C=O) groups is 1. The zero-order chi connectivity index (χ0) is 23.2. The number of allylic oxidation sites excluding steroid dienone is 1. The molecule has 1 aliphatic heterocycles. The van der Waals surface area contributed by atoms with Gasteiger partial charge < -0.3 is 5.11 Å². The Morgan fingerprint density at radius 1 is 0.909 bits per heavy atom. The average molecular weight is 437 g/mol. The van der Waals surface area contributed by atoms with E-state index in [2.05, 4.69) is 17.0 Å². The van der Waals surface area contributed by atoms with Crippen molar-refractivity contribution in [2.45, 2.75) is 23.7 Å². The maximum atomic E-state index is 12.2. The van der Waals surface area contributed by atoms with Crippen molar-refractivity contribution < 1.29 is 9.90 Å². The summed E-state index contributed by atoms with van der Waals surface area (Å²) in [4.78, 5) is 14.5. The number of piperidine rings is 1. The number of likely N-dealkylation sites (tertiary alicyclic amines) is 1. The largest absolute Gasteiger partial charge is 0.481 e. The van der Waals surface area contributed by atoms with Crippen molar-refractivity contribution in [3.05, 3.63) is 120 Å². The molecule has 4 rings (SSSR count). The Balaban J connectivity index is 1.52. The number of rotatable bonds is 7. The molecule has 0 radical (unpaired) electrons. The van der Waals surface area contributed by atoms with E-state index in [1.807, 2.05) is 97.1 Å². The molecule has 0 spiro atoms. The maximum Gasteiger partial charge on any atom is 0.314 e. The van der Waals surface area contributed by atoms with Gasteiger partial charge in [-0.25, -0.2) is 0 Å². The summed E-state index contributed by atoms with van der Waals surface area (Å²) in [5.41, 5.74) is 1.05. The highest BCUT2D eigenvalue weighted by Crippen LogP contribution is 2.36. The van der Waals surface area contributed by atoms with Crippen molar-refractivity contribution >= 4 is 5.97 Å². The third-order valence-corrected chi connectivity index (χ3v) is 6.81. The highest BCUT2D eigenvalue weighted by Gasteiger charge is 2.42. The molecule has 33 heavy (non-hydrogen) atoms. The molecule has 3 aromatic rings. The van der Waals surface area contributed by atoms with Crippen molar-refractivity contribution in [2.75, 3.05) is 19.6 Å². The molecule has 0 aromatic heterocycles. The van der Waals surface area contributed by atoms with Crippen LogP contribution in [0.25, 0.3) is 0 Å². The van der Waals surface area contributed by atoms with Crippen LogP contribution in [-0.2, 0) is 15.6 Å². The van der Waals surface area contributed by atoms with Crippen molar-refractivity contribution in [3.63, 3.8) is 0 Å². The Morgan fingerprint density at radius 3 is 1.85 bits per heavy atom. The van der Waals surface area contributed by atoms with Crippen LogP contribution in [0.2, 0.25) is 0 Å². The molecule has 0 aliphatic carbocycles. The highest BCUT2D eigenvalue weighted by molar-refractivity contribution is 5.81. The third kappa shape index (κ3) is 4.46. The first-order valence-electron chi connectivity index (χ1n) is 11.3. The number of carboxylic acid groups (broad SMARTS) is 1. The van der Waals surface area contributed by atoms with Gasteiger partial charge in [-0.2, -0.15) is 5.26 Å². The molecule has 1 saturated heterocycles. The summed E-state index contributed by atoms with van der Waals surface area (Å²) >= 11 is 0. The van der Waals surface area contributed by atoms with Gasteiger partial charge in [0.2, 0.25) is 0 Å². The van der Waals surface area contributed by atoms with E-state index in [4.69, 9.17) is 0 Å². The molecule has 1 aliphatic rings. The number of nitriles is 1. The number of hydrogen-bond donors (Lipinski definition) is 1. The zero-order valence-corrected chi connectivity index (χ0v) is 18.6. The van der Waals surface area contributed by atoms with E-state index in [1.165, 1.54) is 0 Å². The summed E-state index contributed by atoms with van der Waals surface area (Å²) in [5, 5.41) is 20.3. The second-order valence-electron chi connectivity index (χ2n) is 8.61. The van der Waals surface area contributed by atoms with E-state index in [-0.39, 0.29) is 0 Å². The minimum absolute atomic E-state index is 0.570. The SMILES string of the molecule is N#CC(/C=C/CN1CCC(C(=O)O)(c2ccccc2)CC1)(c1ccccc1)c1ccccc1. The lowest BCUT2D eigenvalue weighted by Gasteiger charge is -2.39. The Labute approximate surface area is 195 Å². The van der Waals surface area contributed by atoms with Gasteiger partial charge in [0.1, 0.15) is 5.41 Å². The first kappa shape index (κ1) is 22.5. The predicted molar refractivity (Wildman–Crippen MR) is 130 cm³/mol. The predicted octanol–water partition coefficient (Wildman–Crippen LogP) is 5.17. The standard InChI is InChI=1S/C29H28N2O2/c30-23-29(25-13-6-2-7-14-25,26-15-8-3-9-16-26)17-10-20-31-21-18-28(19-22-31,27(32)33)24-11-4-1-5-12-24/h1-17H,18-22H2,(H,32,33)/b17-10+. The van der Waals surface area contributed by atoms with Crippen molar-refractivity contribution in [2.24, 2.45) is 0 Å². The van der Waals surface area contributed by atoms with Gasteiger partial charge >= 0.3 is 5.97 Å². The second-order valence-corrected chi connectivity index (χ2v) is 8.61. The van der Waals surface area contributed by atoms with E-state index >= 15 is 0 Å². The van der Waals surface area contributed by atoms with Crippen LogP contribution < -0.4 is 0 Å². The van der Waals surface area contributed by atoms with Crippen molar-refractivity contribution in [1.29, 1.82) is 5.26 Å². The zero-order valence-electron chi connectivity index (χ0n) is 18.6. The molecule has 0 unspecified atom stereocenters. The minimum Gasteiger partial charge on any atom is -0.481 e. The molecule has 0 amide bonds. The van der Waals surface area contributed by atoms with Gasteiger partial charge in [-0.15, -0.1) is 0 Å². The van der Waals surface area contributed by atoms with Gasteiger partial charge in [-0.1, -0.05) is 103 Å². The molecule has 1 heterocycles. The fraction of sp³-hybridized carbons (Fsp3) is 0.241. The van der Waals surface area contributed by atoms with E-state index in [0.717, 1.165) is 16.7 Å². The molecule has 0 bridgehead atoms. The normalized spacial score (nSPS) is 16.3.